The molecule has 1 heteroatoms. The number of rotatable bonds is 5. The molecule has 0 heterocycles. The molecule has 0 saturated carbocycles. The van der Waals surface area contributed by atoms with Gasteiger partial charge in [-0.15, -0.1) is 6.42 Å². The topological polar surface area (TPSA) is 3.24 Å². The van der Waals surface area contributed by atoms with Gasteiger partial charge in [-0.05, 0) is 24.9 Å². The molecule has 0 aliphatic rings. The quantitative estimate of drug-likeness (QED) is 0.683. The van der Waals surface area contributed by atoms with Gasteiger partial charge in [0.15, 0.2) is 0 Å². The van der Waals surface area contributed by atoms with Crippen molar-refractivity contribution < 1.29 is 0 Å². The van der Waals surface area contributed by atoms with Crippen LogP contribution in [0.15, 0.2) is 30.3 Å². The highest BCUT2D eigenvalue weighted by Crippen LogP contribution is 2.15. The first-order valence-corrected chi connectivity index (χ1v) is 5.82. The number of hydrogen-bond donors (Lipinski definition) is 0. The lowest BCUT2D eigenvalue weighted by molar-refractivity contribution is 0.212. The zero-order valence-electron chi connectivity index (χ0n) is 10.5. The average Bonchev–Trinajstić information content (AvgIpc) is 2.27. The molecule has 1 rings (SSSR count). The van der Waals surface area contributed by atoms with E-state index in [1.54, 1.807) is 0 Å². The van der Waals surface area contributed by atoms with Crippen LogP contribution in [0.2, 0.25) is 0 Å². The number of benzene rings is 1. The Labute approximate surface area is 99.5 Å². The summed E-state index contributed by atoms with van der Waals surface area (Å²) in [6.07, 6.45) is 6.44. The third-order valence-electron chi connectivity index (χ3n) is 2.96. The summed E-state index contributed by atoms with van der Waals surface area (Å²) in [4.78, 5) is 2.26. The van der Waals surface area contributed by atoms with Crippen molar-refractivity contribution in [1.82, 2.24) is 4.90 Å². The number of nitrogens with zero attached hydrogens (tertiary/aromatic N) is 1. The minimum atomic E-state index is 0.512. The monoisotopic (exact) mass is 215 g/mol. The molecule has 1 nitrogen and oxygen atoms in total. The van der Waals surface area contributed by atoms with Crippen LogP contribution in [0.1, 0.15) is 19.4 Å². The highest BCUT2D eigenvalue weighted by molar-refractivity contribution is 5.16. The minimum absolute atomic E-state index is 0.512. The summed E-state index contributed by atoms with van der Waals surface area (Å²) in [5.41, 5.74) is 1.38. The molecular weight excluding hydrogens is 194 g/mol. The Kier molecular flexibility index (Phi) is 5.08. The molecule has 0 aliphatic carbocycles. The first-order chi connectivity index (χ1) is 7.65. The van der Waals surface area contributed by atoms with Crippen molar-refractivity contribution in [3.8, 4) is 12.3 Å². The van der Waals surface area contributed by atoms with E-state index in [1.807, 2.05) is 0 Å². The van der Waals surface area contributed by atoms with E-state index in [-0.39, 0.29) is 0 Å². The standard InChI is InChI=1S/C15H21N/c1-5-11-16(4)15(13(2)3)12-14-9-7-6-8-10-14/h1,6-10,13,15H,11-12H2,2-4H3. The molecule has 0 N–H and O–H groups in total. The van der Waals surface area contributed by atoms with E-state index in [1.165, 1.54) is 5.56 Å². The van der Waals surface area contributed by atoms with Gasteiger partial charge in [0.1, 0.15) is 0 Å². The molecule has 1 atom stereocenters. The number of terminal acetylenes is 1. The predicted molar refractivity (Wildman–Crippen MR) is 70.2 cm³/mol. The van der Waals surface area contributed by atoms with Crippen molar-refractivity contribution in [2.24, 2.45) is 5.92 Å². The third kappa shape index (κ3) is 3.72. The predicted octanol–water partition coefficient (Wildman–Crippen LogP) is 2.82. The highest BCUT2D eigenvalue weighted by atomic mass is 15.1. The summed E-state index contributed by atoms with van der Waals surface area (Å²) in [6, 6.07) is 11.1. The maximum atomic E-state index is 5.37. The first kappa shape index (κ1) is 12.8. The van der Waals surface area contributed by atoms with E-state index in [0.717, 1.165) is 13.0 Å². The molecule has 1 aromatic rings. The lowest BCUT2D eigenvalue weighted by Gasteiger charge is -2.30. The van der Waals surface area contributed by atoms with Gasteiger partial charge in [0.2, 0.25) is 0 Å². The van der Waals surface area contributed by atoms with Crippen LogP contribution < -0.4 is 0 Å². The van der Waals surface area contributed by atoms with E-state index in [9.17, 15) is 0 Å². The van der Waals surface area contributed by atoms with Crippen molar-refractivity contribution in [3.63, 3.8) is 0 Å². The fourth-order valence-corrected chi connectivity index (χ4v) is 2.02. The lowest BCUT2D eigenvalue weighted by atomic mass is 9.95. The molecule has 0 saturated heterocycles. The van der Waals surface area contributed by atoms with Gasteiger partial charge in [0.05, 0.1) is 6.54 Å². The van der Waals surface area contributed by atoms with Crippen LogP contribution in [-0.4, -0.2) is 24.5 Å². The van der Waals surface area contributed by atoms with Crippen LogP contribution in [0.4, 0.5) is 0 Å². The molecule has 0 amide bonds. The summed E-state index contributed by atoms with van der Waals surface area (Å²) in [5, 5.41) is 0. The van der Waals surface area contributed by atoms with Gasteiger partial charge in [-0.1, -0.05) is 50.1 Å². The van der Waals surface area contributed by atoms with E-state index in [0.29, 0.717) is 12.0 Å². The molecule has 0 aliphatic heterocycles. The van der Waals surface area contributed by atoms with Gasteiger partial charge >= 0.3 is 0 Å². The van der Waals surface area contributed by atoms with Crippen LogP contribution in [0.3, 0.4) is 0 Å². The molecule has 0 aromatic heterocycles. The van der Waals surface area contributed by atoms with Crippen LogP contribution in [0.5, 0.6) is 0 Å². The van der Waals surface area contributed by atoms with E-state index in [4.69, 9.17) is 6.42 Å². The lowest BCUT2D eigenvalue weighted by Crippen LogP contribution is -2.37. The van der Waals surface area contributed by atoms with Crippen molar-refractivity contribution in [2.45, 2.75) is 26.3 Å². The van der Waals surface area contributed by atoms with Crippen LogP contribution in [0, 0.1) is 18.3 Å². The van der Waals surface area contributed by atoms with E-state index >= 15 is 0 Å². The molecular formula is C15H21N. The molecule has 0 radical (unpaired) electrons. The van der Waals surface area contributed by atoms with Crippen molar-refractivity contribution in [3.05, 3.63) is 35.9 Å². The molecule has 1 unspecified atom stereocenters. The summed E-state index contributed by atoms with van der Waals surface area (Å²) in [7, 11) is 2.10. The Morgan fingerprint density at radius 1 is 1.25 bits per heavy atom. The summed E-state index contributed by atoms with van der Waals surface area (Å²) in [6.45, 7) is 5.22. The molecule has 1 aromatic carbocycles. The van der Waals surface area contributed by atoms with Gasteiger partial charge < -0.3 is 0 Å². The normalized spacial score (nSPS) is 12.8. The highest BCUT2D eigenvalue weighted by Gasteiger charge is 2.18. The van der Waals surface area contributed by atoms with E-state index in [2.05, 4.69) is 62.0 Å². The van der Waals surface area contributed by atoms with Gasteiger partial charge in [-0.2, -0.15) is 0 Å². The average molecular weight is 215 g/mol. The zero-order chi connectivity index (χ0) is 12.0. The fraction of sp³-hybridized carbons (Fsp3) is 0.467. The summed E-state index contributed by atoms with van der Waals surface area (Å²) in [5.74, 6) is 3.32. The second-order valence-corrected chi connectivity index (χ2v) is 4.62. The SMILES string of the molecule is C#CCN(C)C(Cc1ccccc1)C(C)C. The van der Waals surface area contributed by atoms with E-state index < -0.39 is 0 Å². The molecule has 0 spiro atoms. The Balaban J connectivity index is 2.69. The van der Waals surface area contributed by atoms with Crippen LogP contribution >= 0.6 is 0 Å². The molecule has 0 fully saturated rings. The zero-order valence-corrected chi connectivity index (χ0v) is 10.5. The second kappa shape index (κ2) is 6.35. The smallest absolute Gasteiger partial charge is 0.0599 e. The van der Waals surface area contributed by atoms with Gasteiger partial charge in [0.25, 0.3) is 0 Å². The van der Waals surface area contributed by atoms with Crippen LogP contribution in [-0.2, 0) is 6.42 Å². The Morgan fingerprint density at radius 3 is 2.38 bits per heavy atom. The Bertz CT molecular complexity index is 334. The molecule has 86 valence electrons. The van der Waals surface area contributed by atoms with Gasteiger partial charge in [-0.3, -0.25) is 4.90 Å². The van der Waals surface area contributed by atoms with Crippen molar-refractivity contribution >= 4 is 0 Å². The van der Waals surface area contributed by atoms with Crippen molar-refractivity contribution in [1.29, 1.82) is 0 Å². The van der Waals surface area contributed by atoms with Gasteiger partial charge in [0, 0.05) is 6.04 Å². The maximum absolute atomic E-state index is 5.37. The molecule has 16 heavy (non-hydrogen) atoms. The van der Waals surface area contributed by atoms with Crippen LogP contribution in [0.25, 0.3) is 0 Å². The van der Waals surface area contributed by atoms with Gasteiger partial charge in [-0.25, -0.2) is 0 Å². The minimum Gasteiger partial charge on any atom is -0.292 e. The van der Waals surface area contributed by atoms with Crippen molar-refractivity contribution in [2.75, 3.05) is 13.6 Å². The fourth-order valence-electron chi connectivity index (χ4n) is 2.02. The summed E-state index contributed by atoms with van der Waals surface area (Å²) < 4.78 is 0. The maximum Gasteiger partial charge on any atom is 0.0599 e. The molecule has 0 bridgehead atoms. The Hall–Kier alpha value is -1.26. The summed E-state index contributed by atoms with van der Waals surface area (Å²) >= 11 is 0. The Morgan fingerprint density at radius 2 is 1.88 bits per heavy atom. The third-order valence-corrected chi connectivity index (χ3v) is 2.96. The second-order valence-electron chi connectivity index (χ2n) is 4.62. The number of likely N-dealkylation sites (N-methyl/N-ethyl adjacent to an activating group) is 1. The largest absolute Gasteiger partial charge is 0.292 e. The number of hydrogen-bond acceptors (Lipinski definition) is 1. The first-order valence-electron chi connectivity index (χ1n) is 5.82.